The lowest BCUT2D eigenvalue weighted by Crippen LogP contribution is -2.40. The lowest BCUT2D eigenvalue weighted by Gasteiger charge is -2.21. The summed E-state index contributed by atoms with van der Waals surface area (Å²) in [6.45, 7) is 3.57. The molecule has 0 radical (unpaired) electrons. The highest BCUT2D eigenvalue weighted by atomic mass is 35.5. The van der Waals surface area contributed by atoms with Crippen LogP contribution in [0.1, 0.15) is 28.5 Å². The highest BCUT2D eigenvalue weighted by Crippen LogP contribution is 2.35. The van der Waals surface area contributed by atoms with Gasteiger partial charge >= 0.3 is 12.0 Å². The summed E-state index contributed by atoms with van der Waals surface area (Å²) in [7, 11) is 1.54. The van der Waals surface area contributed by atoms with Crippen LogP contribution in [0.4, 0.5) is 16.2 Å². The van der Waals surface area contributed by atoms with Crippen molar-refractivity contribution in [3.63, 3.8) is 0 Å². The Morgan fingerprint density at radius 3 is 2.63 bits per heavy atom. The Labute approximate surface area is 252 Å². The van der Waals surface area contributed by atoms with E-state index in [1.807, 2.05) is 29.8 Å². The number of carbonyl (C=O) groups is 3. The van der Waals surface area contributed by atoms with Crippen molar-refractivity contribution in [3.8, 4) is 5.75 Å². The number of hydrogen-bond donors (Lipinski definition) is 2. The first-order valence-corrected chi connectivity index (χ1v) is 13.1. The molecule has 13 heteroatoms. The van der Waals surface area contributed by atoms with Crippen LogP contribution in [-0.2, 0) is 16.1 Å². The third-order valence-corrected chi connectivity index (χ3v) is 6.65. The van der Waals surface area contributed by atoms with Gasteiger partial charge in [0.25, 0.3) is 0 Å². The molecule has 2 aromatic carbocycles. The van der Waals surface area contributed by atoms with Crippen molar-refractivity contribution in [2.75, 3.05) is 30.4 Å². The average Bonchev–Trinajstić information content (AvgIpc) is 3.32. The van der Waals surface area contributed by atoms with Crippen molar-refractivity contribution in [2.24, 2.45) is 0 Å². The first kappa shape index (κ1) is 31.5. The third-order valence-electron chi connectivity index (χ3n) is 5.87. The van der Waals surface area contributed by atoms with E-state index < -0.39 is 17.9 Å². The predicted octanol–water partition coefficient (Wildman–Crippen LogP) is 5.91. The Kier molecular flexibility index (Phi) is 10.8. The molecule has 41 heavy (non-hydrogen) atoms. The van der Waals surface area contributed by atoms with Gasteiger partial charge in [0.1, 0.15) is 6.61 Å². The smallest absolute Gasteiger partial charge is 0.338 e. The van der Waals surface area contributed by atoms with Gasteiger partial charge < -0.3 is 29.4 Å². The average molecular weight is 621 g/mol. The van der Waals surface area contributed by atoms with Gasteiger partial charge in [-0.25, -0.2) is 14.6 Å². The van der Waals surface area contributed by atoms with Crippen LogP contribution < -0.4 is 20.3 Å². The molecule has 2 N–H and O–H groups in total. The summed E-state index contributed by atoms with van der Waals surface area (Å²) in [5, 5.41) is 5.72. The molecule has 10 nitrogen and oxygen atoms in total. The van der Waals surface area contributed by atoms with E-state index in [0.717, 1.165) is 5.69 Å². The highest BCUT2D eigenvalue weighted by molar-refractivity contribution is 6.38. The molecule has 2 heterocycles. The van der Waals surface area contributed by atoms with Gasteiger partial charge in [-0.05, 0) is 56.3 Å². The topological polar surface area (TPSA) is 114 Å². The fourth-order valence-electron chi connectivity index (χ4n) is 3.87. The second-order valence-corrected chi connectivity index (χ2v) is 9.48. The third kappa shape index (κ3) is 7.60. The van der Waals surface area contributed by atoms with Crippen molar-refractivity contribution in [1.82, 2.24) is 14.7 Å². The molecule has 0 saturated heterocycles. The summed E-state index contributed by atoms with van der Waals surface area (Å²) < 4.78 is 12.8. The van der Waals surface area contributed by atoms with Crippen molar-refractivity contribution in [2.45, 2.75) is 20.5 Å². The summed E-state index contributed by atoms with van der Waals surface area (Å²) in [4.78, 5) is 43.0. The number of aromatic nitrogens is 2. The van der Waals surface area contributed by atoms with Crippen LogP contribution in [0.15, 0.2) is 60.9 Å². The number of pyridine rings is 1. The standard InChI is InChI=1S/C28H27Cl2N5O5.ClH/c1-4-39-27(37)18-7-5-8-19(13-18)33-28(38)31-14-24(36)34(3)22-11-10-21(29)20(25(22)30)16-40-23-9-6-12-35-15-17(2)32-26(23)35;/h5-13,15H,4,14,16H2,1-3H3,(H2,31,33,38);1H. The monoisotopic (exact) mass is 619 g/mol. The van der Waals surface area contributed by atoms with Crippen LogP contribution in [0.5, 0.6) is 5.75 Å². The van der Waals surface area contributed by atoms with E-state index in [0.29, 0.717) is 38.9 Å². The molecule has 0 atom stereocenters. The fourth-order valence-corrected chi connectivity index (χ4v) is 4.48. The minimum absolute atomic E-state index is 0. The summed E-state index contributed by atoms with van der Waals surface area (Å²) >= 11 is 13.1. The van der Waals surface area contributed by atoms with E-state index in [1.54, 1.807) is 50.4 Å². The first-order chi connectivity index (χ1) is 19.2. The number of imidazole rings is 1. The number of esters is 1. The molecule has 216 valence electrons. The molecule has 0 bridgehead atoms. The van der Waals surface area contributed by atoms with E-state index >= 15 is 0 Å². The molecule has 2 aromatic heterocycles. The number of benzene rings is 2. The van der Waals surface area contributed by atoms with Gasteiger partial charge in [-0.1, -0.05) is 29.3 Å². The maximum absolute atomic E-state index is 12.9. The van der Waals surface area contributed by atoms with Crippen LogP contribution in [-0.4, -0.2) is 47.5 Å². The number of likely N-dealkylation sites (N-methyl/N-ethyl adjacent to an activating group) is 1. The normalized spacial score (nSPS) is 10.5. The van der Waals surface area contributed by atoms with Crippen molar-refractivity contribution in [1.29, 1.82) is 0 Å². The van der Waals surface area contributed by atoms with Crippen LogP contribution in [0.3, 0.4) is 0 Å². The number of nitrogens with zero attached hydrogens (tertiary/aromatic N) is 3. The maximum atomic E-state index is 12.9. The van der Waals surface area contributed by atoms with Gasteiger partial charge in [0, 0.05) is 35.7 Å². The quantitative estimate of drug-likeness (QED) is 0.225. The van der Waals surface area contributed by atoms with Gasteiger partial charge in [0.05, 0.1) is 35.1 Å². The minimum atomic E-state index is -0.623. The van der Waals surface area contributed by atoms with Gasteiger partial charge in [0.15, 0.2) is 11.4 Å². The molecule has 0 aliphatic rings. The van der Waals surface area contributed by atoms with Crippen molar-refractivity contribution < 1.29 is 23.9 Å². The van der Waals surface area contributed by atoms with Crippen LogP contribution in [0.25, 0.3) is 5.65 Å². The maximum Gasteiger partial charge on any atom is 0.338 e. The Morgan fingerprint density at radius 1 is 1.10 bits per heavy atom. The van der Waals surface area contributed by atoms with Crippen LogP contribution in [0.2, 0.25) is 10.0 Å². The Bertz CT molecular complexity index is 1580. The number of ether oxygens (including phenoxy) is 2. The summed E-state index contributed by atoms with van der Waals surface area (Å²) in [5.74, 6) is -0.369. The zero-order chi connectivity index (χ0) is 28.8. The van der Waals surface area contributed by atoms with Crippen LogP contribution >= 0.6 is 35.6 Å². The molecule has 0 aliphatic carbocycles. The number of anilines is 2. The number of rotatable bonds is 9. The second kappa shape index (κ2) is 14.1. The van der Waals surface area contributed by atoms with Gasteiger partial charge in [-0.15, -0.1) is 12.4 Å². The largest absolute Gasteiger partial charge is 0.485 e. The molecule has 0 aliphatic heterocycles. The van der Waals surface area contributed by atoms with E-state index in [9.17, 15) is 14.4 Å². The lowest BCUT2D eigenvalue weighted by atomic mass is 10.2. The van der Waals surface area contributed by atoms with Crippen molar-refractivity contribution >= 4 is 70.5 Å². The molecular weight excluding hydrogens is 593 g/mol. The van der Waals surface area contributed by atoms with E-state index in [-0.39, 0.29) is 37.2 Å². The number of fused-ring (bicyclic) bond motifs is 1. The zero-order valence-electron chi connectivity index (χ0n) is 22.4. The molecule has 0 spiro atoms. The van der Waals surface area contributed by atoms with Gasteiger partial charge in [-0.2, -0.15) is 0 Å². The van der Waals surface area contributed by atoms with Crippen molar-refractivity contribution in [3.05, 3.63) is 87.8 Å². The number of amides is 3. The lowest BCUT2D eigenvalue weighted by molar-refractivity contribution is -0.117. The summed E-state index contributed by atoms with van der Waals surface area (Å²) in [6, 6.07) is 12.5. The first-order valence-electron chi connectivity index (χ1n) is 12.3. The molecular formula is C28H28Cl3N5O5. The van der Waals surface area contributed by atoms with Gasteiger partial charge in [0.2, 0.25) is 5.91 Å². The van der Waals surface area contributed by atoms with Gasteiger partial charge in [-0.3, -0.25) is 4.79 Å². The number of urea groups is 1. The predicted molar refractivity (Wildman–Crippen MR) is 161 cm³/mol. The number of hydrogen-bond acceptors (Lipinski definition) is 6. The van der Waals surface area contributed by atoms with E-state index in [2.05, 4.69) is 15.6 Å². The number of halogens is 3. The zero-order valence-corrected chi connectivity index (χ0v) is 24.8. The minimum Gasteiger partial charge on any atom is -0.485 e. The number of carbonyl (C=O) groups excluding carboxylic acids is 3. The Morgan fingerprint density at radius 2 is 1.88 bits per heavy atom. The SMILES string of the molecule is CCOC(=O)c1cccc(NC(=O)NCC(=O)N(C)c2ccc(Cl)c(COc3cccn4cc(C)nc34)c2Cl)c1.Cl. The highest BCUT2D eigenvalue weighted by Gasteiger charge is 2.20. The fraction of sp³-hybridized carbons (Fsp3) is 0.214. The summed E-state index contributed by atoms with van der Waals surface area (Å²) in [6.07, 6.45) is 3.76. The molecule has 0 fully saturated rings. The van der Waals surface area contributed by atoms with Crippen LogP contribution in [0, 0.1) is 6.92 Å². The molecule has 4 rings (SSSR count). The molecule has 0 unspecified atom stereocenters. The molecule has 4 aromatic rings. The number of nitrogens with one attached hydrogen (secondary N) is 2. The molecule has 0 saturated carbocycles. The Hall–Kier alpha value is -3.99. The summed E-state index contributed by atoms with van der Waals surface area (Å²) in [5.41, 5.74) is 3.07. The second-order valence-electron chi connectivity index (χ2n) is 8.70. The number of aryl methyl sites for hydroxylation is 1. The molecule has 3 amide bonds. The van der Waals surface area contributed by atoms with E-state index in [1.165, 1.54) is 11.0 Å². The van der Waals surface area contributed by atoms with E-state index in [4.69, 9.17) is 32.7 Å². The Balaban J connectivity index is 0.00000462.